The van der Waals surface area contributed by atoms with Gasteiger partial charge in [-0.25, -0.2) is 0 Å². The van der Waals surface area contributed by atoms with E-state index in [1.54, 1.807) is 0 Å². The van der Waals surface area contributed by atoms with Crippen molar-refractivity contribution >= 4 is 12.6 Å². The molecule has 4 heteroatoms. The highest BCUT2D eigenvalue weighted by atomic mass is 16.5. The Bertz CT molecular complexity index is 570. The van der Waals surface area contributed by atoms with Gasteiger partial charge in [0, 0.05) is 12.8 Å². The fourth-order valence-corrected chi connectivity index (χ4v) is 2.85. The van der Waals surface area contributed by atoms with Gasteiger partial charge in [-0.05, 0) is 23.0 Å². The van der Waals surface area contributed by atoms with Crippen LogP contribution in [0.3, 0.4) is 0 Å². The van der Waals surface area contributed by atoms with Crippen LogP contribution in [0.4, 0.5) is 0 Å². The van der Waals surface area contributed by atoms with Crippen molar-refractivity contribution in [2.24, 2.45) is 11.8 Å². The summed E-state index contributed by atoms with van der Waals surface area (Å²) in [6.07, 6.45) is 2.51. The van der Waals surface area contributed by atoms with Crippen molar-refractivity contribution in [2.75, 3.05) is 13.2 Å². The molecule has 138 valence electrons. The Morgan fingerprint density at radius 3 is 1.38 bits per heavy atom. The molecule has 0 spiro atoms. The zero-order valence-corrected chi connectivity index (χ0v) is 15.0. The van der Waals surface area contributed by atoms with E-state index in [9.17, 15) is 9.59 Å². The molecule has 2 atom stereocenters. The van der Waals surface area contributed by atoms with Crippen LogP contribution in [-0.4, -0.2) is 25.8 Å². The van der Waals surface area contributed by atoms with Crippen LogP contribution in [0, 0.1) is 11.8 Å². The molecule has 0 unspecified atom stereocenters. The quantitative estimate of drug-likeness (QED) is 0.513. The summed E-state index contributed by atoms with van der Waals surface area (Å²) < 4.78 is 11.6. The summed E-state index contributed by atoms with van der Waals surface area (Å²) in [5.41, 5.74) is 2.18. The van der Waals surface area contributed by atoms with Crippen LogP contribution in [0.2, 0.25) is 0 Å². The molecular weight excluding hydrogens is 328 g/mol. The van der Waals surface area contributed by atoms with Crippen LogP contribution in [0.15, 0.2) is 60.7 Å². The summed E-state index contributed by atoms with van der Waals surface area (Å²) in [7, 11) is 0. The van der Waals surface area contributed by atoms with Gasteiger partial charge in [0.1, 0.15) is 12.6 Å². The van der Waals surface area contributed by atoms with Gasteiger partial charge in [0.15, 0.2) is 0 Å². The van der Waals surface area contributed by atoms with E-state index in [1.165, 1.54) is 0 Å². The number of ether oxygens (including phenoxy) is 2. The second kappa shape index (κ2) is 12.1. The van der Waals surface area contributed by atoms with Gasteiger partial charge in [-0.2, -0.15) is 0 Å². The summed E-state index contributed by atoms with van der Waals surface area (Å²) in [4.78, 5) is 22.1. The standard InChI is InChI=1S/C22H26O4/c23-13-11-21(17-25-15-19-7-3-1-4-8-19)22(12-14-24)18-26-16-20-9-5-2-6-10-20/h1-10,13-14,21-22H,11-12,15-18H2/t21-,22+. The lowest BCUT2D eigenvalue weighted by molar-refractivity contribution is -0.113. The number of carbonyl (C=O) groups is 2. The molecule has 0 aliphatic rings. The van der Waals surface area contributed by atoms with Crippen molar-refractivity contribution in [3.8, 4) is 0 Å². The van der Waals surface area contributed by atoms with Gasteiger partial charge >= 0.3 is 0 Å². The average Bonchev–Trinajstić information content (AvgIpc) is 2.68. The lowest BCUT2D eigenvalue weighted by atomic mass is 9.89. The van der Waals surface area contributed by atoms with Crippen molar-refractivity contribution in [1.82, 2.24) is 0 Å². The Labute approximate surface area is 155 Å². The van der Waals surface area contributed by atoms with Crippen molar-refractivity contribution in [3.05, 3.63) is 71.8 Å². The maximum absolute atomic E-state index is 11.1. The number of benzene rings is 2. The Balaban J connectivity index is 1.84. The molecular formula is C22H26O4. The van der Waals surface area contributed by atoms with Crippen LogP contribution >= 0.6 is 0 Å². The van der Waals surface area contributed by atoms with Gasteiger partial charge in [-0.1, -0.05) is 60.7 Å². The molecule has 0 fully saturated rings. The minimum Gasteiger partial charge on any atom is -0.376 e. The van der Waals surface area contributed by atoms with Gasteiger partial charge in [-0.15, -0.1) is 0 Å². The third kappa shape index (κ3) is 7.30. The van der Waals surface area contributed by atoms with Gasteiger partial charge < -0.3 is 19.1 Å². The second-order valence-electron chi connectivity index (χ2n) is 6.33. The monoisotopic (exact) mass is 354 g/mol. The molecule has 0 aromatic heterocycles. The zero-order chi connectivity index (χ0) is 18.5. The second-order valence-corrected chi connectivity index (χ2v) is 6.33. The van der Waals surface area contributed by atoms with Gasteiger partial charge in [0.25, 0.3) is 0 Å². The first-order valence-electron chi connectivity index (χ1n) is 8.94. The van der Waals surface area contributed by atoms with E-state index in [2.05, 4.69) is 0 Å². The van der Waals surface area contributed by atoms with E-state index < -0.39 is 0 Å². The maximum atomic E-state index is 11.1. The van der Waals surface area contributed by atoms with Crippen molar-refractivity contribution in [1.29, 1.82) is 0 Å². The number of rotatable bonds is 13. The average molecular weight is 354 g/mol. The molecule has 2 aromatic carbocycles. The predicted molar refractivity (Wildman–Crippen MR) is 101 cm³/mol. The normalized spacial score (nSPS) is 13.1. The molecule has 4 nitrogen and oxygen atoms in total. The summed E-state index contributed by atoms with van der Waals surface area (Å²) >= 11 is 0. The van der Waals surface area contributed by atoms with Gasteiger partial charge in [0.05, 0.1) is 26.4 Å². The minimum absolute atomic E-state index is 0.0304. The Hall–Kier alpha value is -2.30. The topological polar surface area (TPSA) is 52.6 Å². The molecule has 2 aromatic rings. The van der Waals surface area contributed by atoms with Crippen molar-refractivity contribution in [3.63, 3.8) is 0 Å². The highest BCUT2D eigenvalue weighted by Crippen LogP contribution is 2.20. The van der Waals surface area contributed by atoms with Crippen LogP contribution in [-0.2, 0) is 32.3 Å². The SMILES string of the molecule is O=CC[C@H](COCc1ccccc1)[C@@H](CC=O)COCc1ccccc1. The first kappa shape index (κ1) is 20.0. The molecule has 0 N–H and O–H groups in total. The Morgan fingerprint density at radius 2 is 1.04 bits per heavy atom. The lowest BCUT2D eigenvalue weighted by Crippen LogP contribution is -2.25. The van der Waals surface area contributed by atoms with Crippen LogP contribution in [0.1, 0.15) is 24.0 Å². The van der Waals surface area contributed by atoms with Crippen molar-refractivity contribution in [2.45, 2.75) is 26.1 Å². The summed E-state index contributed by atoms with van der Waals surface area (Å²) in [6, 6.07) is 19.8. The molecule has 0 aliphatic heterocycles. The van der Waals surface area contributed by atoms with Crippen molar-refractivity contribution < 1.29 is 19.1 Å². The van der Waals surface area contributed by atoms with Crippen LogP contribution in [0.25, 0.3) is 0 Å². The largest absolute Gasteiger partial charge is 0.376 e. The predicted octanol–water partition coefficient (Wildman–Crippen LogP) is 3.83. The smallest absolute Gasteiger partial charge is 0.120 e. The molecule has 0 amide bonds. The molecule has 0 heterocycles. The van der Waals surface area contributed by atoms with Gasteiger partial charge in [-0.3, -0.25) is 0 Å². The van der Waals surface area contributed by atoms with Gasteiger partial charge in [0.2, 0.25) is 0 Å². The fourth-order valence-electron chi connectivity index (χ4n) is 2.85. The van der Waals surface area contributed by atoms with Crippen LogP contribution in [0.5, 0.6) is 0 Å². The van der Waals surface area contributed by atoms with E-state index >= 15 is 0 Å². The van der Waals surface area contributed by atoms with E-state index in [0.717, 1.165) is 23.7 Å². The zero-order valence-electron chi connectivity index (χ0n) is 15.0. The number of aldehydes is 2. The molecule has 0 bridgehead atoms. The van der Waals surface area contributed by atoms with E-state index in [1.807, 2.05) is 60.7 Å². The third-order valence-electron chi connectivity index (χ3n) is 4.35. The highest BCUT2D eigenvalue weighted by molar-refractivity contribution is 5.52. The van der Waals surface area contributed by atoms with E-state index in [0.29, 0.717) is 39.3 Å². The van der Waals surface area contributed by atoms with E-state index in [-0.39, 0.29) is 11.8 Å². The minimum atomic E-state index is -0.0304. The number of carbonyl (C=O) groups excluding carboxylic acids is 2. The lowest BCUT2D eigenvalue weighted by Gasteiger charge is -2.24. The first-order chi connectivity index (χ1) is 12.8. The first-order valence-corrected chi connectivity index (χ1v) is 8.94. The fraction of sp³-hybridized carbons (Fsp3) is 0.364. The molecule has 0 radical (unpaired) electrons. The highest BCUT2D eigenvalue weighted by Gasteiger charge is 2.22. The third-order valence-corrected chi connectivity index (χ3v) is 4.35. The molecule has 26 heavy (non-hydrogen) atoms. The number of hydrogen-bond donors (Lipinski definition) is 0. The summed E-state index contributed by atoms with van der Waals surface area (Å²) in [5, 5.41) is 0. The molecule has 0 saturated carbocycles. The molecule has 2 rings (SSSR count). The van der Waals surface area contributed by atoms with Crippen LogP contribution < -0.4 is 0 Å². The van der Waals surface area contributed by atoms with E-state index in [4.69, 9.17) is 9.47 Å². The molecule has 0 saturated heterocycles. The molecule has 0 aliphatic carbocycles. The Kier molecular flexibility index (Phi) is 9.33. The number of hydrogen-bond acceptors (Lipinski definition) is 4. The maximum Gasteiger partial charge on any atom is 0.120 e. The summed E-state index contributed by atoms with van der Waals surface area (Å²) in [6.45, 7) is 1.85. The summed E-state index contributed by atoms with van der Waals surface area (Å²) in [5.74, 6) is -0.0608. The Morgan fingerprint density at radius 1 is 0.654 bits per heavy atom.